The number of para-hydroxylation sites is 2. The van der Waals surface area contributed by atoms with Gasteiger partial charge in [0.25, 0.3) is 0 Å². The van der Waals surface area contributed by atoms with Gasteiger partial charge in [-0.15, -0.1) is 0 Å². The zero-order chi connectivity index (χ0) is 19.4. The van der Waals surface area contributed by atoms with Gasteiger partial charge in [0, 0.05) is 28.4 Å². The fraction of sp³-hybridized carbons (Fsp3) is 0.143. The zero-order valence-corrected chi connectivity index (χ0v) is 16.7. The van der Waals surface area contributed by atoms with Gasteiger partial charge in [0.1, 0.15) is 0 Å². The van der Waals surface area contributed by atoms with E-state index in [1.54, 1.807) is 0 Å². The standard InChI is InChI=1S/C28H23N/c1-2-21-20(15-16-23-22-10-4-3-9-19(22)17-26(21)23)18-29-27-13-7-5-11-24(27)25-12-6-8-14-28(25)29/h3-16H,2,17-18H2,1H3. The highest BCUT2D eigenvalue weighted by Crippen LogP contribution is 2.40. The van der Waals surface area contributed by atoms with Crippen LogP contribution < -0.4 is 0 Å². The van der Waals surface area contributed by atoms with Crippen molar-refractivity contribution in [2.45, 2.75) is 26.3 Å². The minimum atomic E-state index is 0.917. The van der Waals surface area contributed by atoms with Gasteiger partial charge in [0.15, 0.2) is 0 Å². The van der Waals surface area contributed by atoms with E-state index in [0.29, 0.717) is 0 Å². The van der Waals surface area contributed by atoms with Gasteiger partial charge >= 0.3 is 0 Å². The molecule has 0 saturated heterocycles. The molecule has 0 spiro atoms. The molecule has 0 fully saturated rings. The molecule has 5 aromatic rings. The molecule has 0 amide bonds. The summed E-state index contributed by atoms with van der Waals surface area (Å²) in [5.41, 5.74) is 11.5. The predicted octanol–water partition coefficient (Wildman–Crippen LogP) is 6.98. The maximum atomic E-state index is 2.49. The van der Waals surface area contributed by atoms with Gasteiger partial charge < -0.3 is 4.57 Å². The highest BCUT2D eigenvalue weighted by molar-refractivity contribution is 6.08. The molecule has 1 aromatic heterocycles. The third kappa shape index (κ3) is 2.40. The number of hydrogen-bond acceptors (Lipinski definition) is 0. The van der Waals surface area contributed by atoms with Crippen molar-refractivity contribution >= 4 is 21.8 Å². The molecule has 0 saturated carbocycles. The Morgan fingerprint density at radius 2 is 1.34 bits per heavy atom. The van der Waals surface area contributed by atoms with Gasteiger partial charge in [0.2, 0.25) is 0 Å². The Labute approximate surface area is 171 Å². The molecular weight excluding hydrogens is 350 g/mol. The minimum Gasteiger partial charge on any atom is -0.336 e. The van der Waals surface area contributed by atoms with E-state index in [0.717, 1.165) is 19.4 Å². The first kappa shape index (κ1) is 16.6. The van der Waals surface area contributed by atoms with Crippen LogP contribution in [0.4, 0.5) is 0 Å². The van der Waals surface area contributed by atoms with Gasteiger partial charge in [-0.05, 0) is 58.4 Å². The van der Waals surface area contributed by atoms with Crippen LogP contribution in [0.25, 0.3) is 32.9 Å². The Bertz CT molecular complexity index is 1330. The molecule has 0 N–H and O–H groups in total. The first-order valence-electron chi connectivity index (χ1n) is 10.5. The molecular formula is C28H23N. The third-order valence-corrected chi connectivity index (χ3v) is 6.56. The fourth-order valence-electron chi connectivity index (χ4n) is 5.26. The van der Waals surface area contributed by atoms with Gasteiger partial charge in [-0.1, -0.05) is 79.7 Å². The van der Waals surface area contributed by atoms with Crippen LogP contribution in [0.1, 0.15) is 29.2 Å². The van der Waals surface area contributed by atoms with Gasteiger partial charge in [0.05, 0.1) is 0 Å². The smallest absolute Gasteiger partial charge is 0.0494 e. The molecule has 1 heteroatoms. The molecule has 6 rings (SSSR count). The van der Waals surface area contributed by atoms with Crippen LogP contribution in [0.2, 0.25) is 0 Å². The molecule has 1 heterocycles. The summed E-state index contributed by atoms with van der Waals surface area (Å²) in [6.07, 6.45) is 2.14. The number of hydrogen-bond donors (Lipinski definition) is 0. The fourth-order valence-corrected chi connectivity index (χ4v) is 5.26. The first-order chi connectivity index (χ1) is 14.3. The van der Waals surface area contributed by atoms with E-state index in [4.69, 9.17) is 0 Å². The quantitative estimate of drug-likeness (QED) is 0.315. The Balaban J connectivity index is 1.54. The minimum absolute atomic E-state index is 0.917. The summed E-state index contributed by atoms with van der Waals surface area (Å²) >= 11 is 0. The lowest BCUT2D eigenvalue weighted by molar-refractivity contribution is 0.847. The molecule has 1 aliphatic rings. The van der Waals surface area contributed by atoms with Gasteiger partial charge in [-0.3, -0.25) is 0 Å². The second kappa shape index (κ2) is 6.35. The van der Waals surface area contributed by atoms with Gasteiger partial charge in [-0.2, -0.15) is 0 Å². The van der Waals surface area contributed by atoms with E-state index in [1.165, 1.54) is 55.2 Å². The summed E-state index contributed by atoms with van der Waals surface area (Å²) in [4.78, 5) is 0. The molecule has 29 heavy (non-hydrogen) atoms. The van der Waals surface area contributed by atoms with Crippen LogP contribution in [-0.2, 0) is 19.4 Å². The Morgan fingerprint density at radius 1 is 0.690 bits per heavy atom. The van der Waals surface area contributed by atoms with E-state index in [-0.39, 0.29) is 0 Å². The van der Waals surface area contributed by atoms with Crippen LogP contribution in [0.15, 0.2) is 84.9 Å². The molecule has 4 aromatic carbocycles. The summed E-state index contributed by atoms with van der Waals surface area (Å²) in [6.45, 7) is 3.22. The van der Waals surface area contributed by atoms with Crippen molar-refractivity contribution in [3.63, 3.8) is 0 Å². The van der Waals surface area contributed by atoms with Crippen LogP contribution in [-0.4, -0.2) is 4.57 Å². The van der Waals surface area contributed by atoms with Gasteiger partial charge in [-0.25, -0.2) is 0 Å². The molecule has 0 unspecified atom stereocenters. The molecule has 0 radical (unpaired) electrons. The lowest BCUT2D eigenvalue weighted by Crippen LogP contribution is -2.05. The van der Waals surface area contributed by atoms with E-state index in [9.17, 15) is 0 Å². The average Bonchev–Trinajstić information content (AvgIpc) is 3.30. The van der Waals surface area contributed by atoms with E-state index in [2.05, 4.69) is 96.4 Å². The second-order valence-electron chi connectivity index (χ2n) is 8.04. The van der Waals surface area contributed by atoms with Crippen molar-refractivity contribution in [3.05, 3.63) is 107 Å². The molecule has 1 aliphatic carbocycles. The maximum Gasteiger partial charge on any atom is 0.0494 e. The summed E-state index contributed by atoms with van der Waals surface area (Å²) in [7, 11) is 0. The Hall–Kier alpha value is -3.32. The predicted molar refractivity (Wildman–Crippen MR) is 123 cm³/mol. The zero-order valence-electron chi connectivity index (χ0n) is 16.7. The van der Waals surface area contributed by atoms with E-state index < -0.39 is 0 Å². The summed E-state index contributed by atoms with van der Waals surface area (Å²) in [5.74, 6) is 0. The number of aromatic nitrogens is 1. The maximum absolute atomic E-state index is 2.49. The average molecular weight is 373 g/mol. The molecule has 140 valence electrons. The third-order valence-electron chi connectivity index (χ3n) is 6.56. The molecule has 0 bridgehead atoms. The SMILES string of the molecule is CCc1c(Cn2c3ccccc3c3ccccc32)ccc2c1Cc1ccccc1-2. The summed E-state index contributed by atoms with van der Waals surface area (Å²) in [6, 6.07) is 31.2. The van der Waals surface area contributed by atoms with Crippen molar-refractivity contribution in [3.8, 4) is 11.1 Å². The number of benzene rings is 4. The lowest BCUT2D eigenvalue weighted by Gasteiger charge is -2.16. The monoisotopic (exact) mass is 373 g/mol. The van der Waals surface area contributed by atoms with E-state index in [1.807, 2.05) is 0 Å². The van der Waals surface area contributed by atoms with Crippen molar-refractivity contribution in [1.82, 2.24) is 4.57 Å². The van der Waals surface area contributed by atoms with Crippen LogP contribution in [0.3, 0.4) is 0 Å². The number of rotatable bonds is 3. The van der Waals surface area contributed by atoms with Crippen molar-refractivity contribution in [2.75, 3.05) is 0 Å². The Kier molecular flexibility index (Phi) is 3.64. The topological polar surface area (TPSA) is 4.93 Å². The Morgan fingerprint density at radius 3 is 2.07 bits per heavy atom. The van der Waals surface area contributed by atoms with Crippen LogP contribution >= 0.6 is 0 Å². The highest BCUT2D eigenvalue weighted by atomic mass is 15.0. The van der Waals surface area contributed by atoms with Crippen molar-refractivity contribution < 1.29 is 0 Å². The highest BCUT2D eigenvalue weighted by Gasteiger charge is 2.22. The second-order valence-corrected chi connectivity index (χ2v) is 8.04. The summed E-state index contributed by atoms with van der Waals surface area (Å²) in [5, 5.41) is 2.68. The lowest BCUT2D eigenvalue weighted by atomic mass is 9.94. The molecule has 1 nitrogen and oxygen atoms in total. The normalized spacial score (nSPS) is 12.4. The largest absolute Gasteiger partial charge is 0.336 e. The number of nitrogens with zero attached hydrogens (tertiary/aromatic N) is 1. The molecule has 0 atom stereocenters. The first-order valence-corrected chi connectivity index (χ1v) is 10.5. The summed E-state index contributed by atoms with van der Waals surface area (Å²) < 4.78 is 2.49. The van der Waals surface area contributed by atoms with Crippen LogP contribution in [0, 0.1) is 0 Å². The number of fused-ring (bicyclic) bond motifs is 6. The van der Waals surface area contributed by atoms with Crippen molar-refractivity contribution in [2.24, 2.45) is 0 Å². The van der Waals surface area contributed by atoms with E-state index >= 15 is 0 Å². The van der Waals surface area contributed by atoms with Crippen molar-refractivity contribution in [1.29, 1.82) is 0 Å². The van der Waals surface area contributed by atoms with Crippen LogP contribution in [0.5, 0.6) is 0 Å². The molecule has 0 aliphatic heterocycles.